The van der Waals surface area contributed by atoms with Crippen LogP contribution in [0.25, 0.3) is 0 Å². The zero-order valence-corrected chi connectivity index (χ0v) is 13.4. The smallest absolute Gasteiger partial charge is 0.320 e. The van der Waals surface area contributed by atoms with Gasteiger partial charge in [0.15, 0.2) is 0 Å². The Bertz CT molecular complexity index is 245. The minimum Gasteiger partial charge on any atom is -0.320 e. The fraction of sp³-hybridized carbons (Fsp3) is 0.857. The summed E-state index contributed by atoms with van der Waals surface area (Å²) in [5, 5.41) is 7.32. The average Bonchev–Trinajstić information content (AvgIpc) is 2.14. The van der Waals surface area contributed by atoms with Gasteiger partial charge in [-0.25, -0.2) is 0 Å². The lowest BCUT2D eigenvalue weighted by atomic mass is 9.67. The van der Waals surface area contributed by atoms with Gasteiger partial charge in [0.2, 0.25) is 0 Å². The van der Waals surface area contributed by atoms with E-state index in [0.717, 1.165) is 0 Å². The van der Waals surface area contributed by atoms with Crippen LogP contribution in [0.5, 0.6) is 0 Å². The molecule has 0 aromatic rings. The predicted molar refractivity (Wildman–Crippen MR) is 82.3 cm³/mol. The molecular formula is C14H30BN3. The molecule has 4 heteroatoms. The molecule has 0 saturated heterocycles. The molecule has 0 radical (unpaired) electrons. The van der Waals surface area contributed by atoms with Crippen molar-refractivity contribution in [2.24, 2.45) is 0 Å². The Kier molecular flexibility index (Phi) is 7.53. The molecule has 3 nitrogen and oxygen atoms in total. The summed E-state index contributed by atoms with van der Waals surface area (Å²) >= 11 is 0. The van der Waals surface area contributed by atoms with Crippen LogP contribution in [-0.4, -0.2) is 46.6 Å². The molecule has 0 saturated carbocycles. The van der Waals surface area contributed by atoms with E-state index >= 15 is 0 Å². The molecule has 1 N–H and O–H groups in total. The standard InChI is InChI=1S/C14H30BN3/c1-11(2)17(12(3)4)15(9-10-16)18(13(5)6)14(7)8/h9,11-14,16H,1-8H3. The Morgan fingerprint density at radius 2 is 1.06 bits per heavy atom. The van der Waals surface area contributed by atoms with Crippen molar-refractivity contribution in [3.8, 4) is 0 Å². The van der Waals surface area contributed by atoms with Crippen molar-refractivity contribution in [1.82, 2.24) is 9.62 Å². The lowest BCUT2D eigenvalue weighted by Crippen LogP contribution is -2.60. The van der Waals surface area contributed by atoms with Gasteiger partial charge in [0.1, 0.15) is 0 Å². The van der Waals surface area contributed by atoms with E-state index in [1.165, 1.54) is 0 Å². The fourth-order valence-corrected chi connectivity index (χ4v) is 2.82. The van der Waals surface area contributed by atoms with Gasteiger partial charge < -0.3 is 9.62 Å². The summed E-state index contributed by atoms with van der Waals surface area (Å²) in [6.07, 6.45) is 0. The van der Waals surface area contributed by atoms with E-state index in [1.54, 1.807) is 0 Å². The Morgan fingerprint density at radius 3 is 1.22 bits per heavy atom. The van der Waals surface area contributed by atoms with Crippen molar-refractivity contribution < 1.29 is 0 Å². The number of hydrogen-bond donors (Lipinski definition) is 1. The first-order valence-electron chi connectivity index (χ1n) is 7.04. The van der Waals surface area contributed by atoms with Gasteiger partial charge in [-0.1, -0.05) is 55.4 Å². The molecule has 0 aromatic carbocycles. The summed E-state index contributed by atoms with van der Waals surface area (Å²) in [4.78, 5) is 4.86. The first-order valence-corrected chi connectivity index (χ1v) is 7.04. The molecule has 0 fully saturated rings. The van der Waals surface area contributed by atoms with Crippen LogP contribution >= 0.6 is 0 Å². The molecule has 0 aliphatic carbocycles. The van der Waals surface area contributed by atoms with Gasteiger partial charge in [-0.05, 0) is 36.0 Å². The highest BCUT2D eigenvalue weighted by molar-refractivity contribution is 6.60. The third kappa shape index (κ3) is 4.60. The molecule has 0 heterocycles. The van der Waals surface area contributed by atoms with E-state index in [0.29, 0.717) is 24.2 Å². The zero-order valence-electron chi connectivity index (χ0n) is 13.4. The SMILES string of the molecule is CC(C)N(B(C=C=N)N(C(C)C)C(C)C)C(C)C. The minimum atomic E-state index is 0.141. The van der Waals surface area contributed by atoms with E-state index < -0.39 is 0 Å². The second kappa shape index (κ2) is 7.78. The number of nitrogens with one attached hydrogen (secondary N) is 1. The normalized spacial score (nSPS) is 12.1. The molecule has 0 aliphatic rings. The number of rotatable bonds is 7. The fourth-order valence-electron chi connectivity index (χ4n) is 2.82. The van der Waals surface area contributed by atoms with Gasteiger partial charge in [-0.15, -0.1) is 0 Å². The van der Waals surface area contributed by atoms with Crippen LogP contribution in [-0.2, 0) is 0 Å². The van der Waals surface area contributed by atoms with Gasteiger partial charge in [-0.2, -0.15) is 0 Å². The topological polar surface area (TPSA) is 30.3 Å². The van der Waals surface area contributed by atoms with Gasteiger partial charge in [0.25, 0.3) is 0 Å². The molecule has 0 spiro atoms. The maximum atomic E-state index is 7.32. The van der Waals surface area contributed by atoms with Crippen LogP contribution in [0.2, 0.25) is 0 Å². The van der Waals surface area contributed by atoms with Gasteiger partial charge in [0.05, 0.1) is 0 Å². The van der Waals surface area contributed by atoms with Crippen molar-refractivity contribution in [1.29, 1.82) is 5.41 Å². The first-order chi connectivity index (χ1) is 8.23. The first kappa shape index (κ1) is 17.4. The van der Waals surface area contributed by atoms with Gasteiger partial charge >= 0.3 is 6.98 Å². The Morgan fingerprint density at radius 1 is 0.778 bits per heavy atom. The van der Waals surface area contributed by atoms with Crippen LogP contribution in [0.4, 0.5) is 0 Å². The molecule has 0 unspecified atom stereocenters. The molecule has 0 amide bonds. The molecule has 104 valence electrons. The van der Waals surface area contributed by atoms with Crippen molar-refractivity contribution in [3.05, 3.63) is 5.98 Å². The molecule has 0 rings (SSSR count). The van der Waals surface area contributed by atoms with Crippen molar-refractivity contribution in [3.63, 3.8) is 0 Å². The zero-order chi connectivity index (χ0) is 14.5. The van der Waals surface area contributed by atoms with Crippen LogP contribution in [0.15, 0.2) is 5.98 Å². The quantitative estimate of drug-likeness (QED) is 0.556. The van der Waals surface area contributed by atoms with Crippen molar-refractivity contribution >= 4 is 12.9 Å². The van der Waals surface area contributed by atoms with E-state index in [2.05, 4.69) is 70.9 Å². The molecule has 0 aromatic heterocycles. The van der Waals surface area contributed by atoms with E-state index in [-0.39, 0.29) is 6.98 Å². The molecular weight excluding hydrogens is 221 g/mol. The lowest BCUT2D eigenvalue weighted by Gasteiger charge is -2.43. The second-order valence-electron chi connectivity index (χ2n) is 5.99. The van der Waals surface area contributed by atoms with Crippen LogP contribution in [0.3, 0.4) is 0 Å². The Hall–Kier alpha value is -0.565. The summed E-state index contributed by atoms with van der Waals surface area (Å²) in [5.74, 6) is 4.36. The van der Waals surface area contributed by atoms with Crippen LogP contribution in [0.1, 0.15) is 55.4 Å². The number of nitrogens with zero attached hydrogens (tertiary/aromatic N) is 2. The van der Waals surface area contributed by atoms with Crippen molar-refractivity contribution in [2.45, 2.75) is 79.6 Å². The van der Waals surface area contributed by atoms with Crippen molar-refractivity contribution in [2.75, 3.05) is 0 Å². The molecule has 0 atom stereocenters. The van der Waals surface area contributed by atoms with Gasteiger partial charge in [-0.3, -0.25) is 5.41 Å². The minimum absolute atomic E-state index is 0.141. The maximum Gasteiger partial charge on any atom is 0.349 e. The van der Waals surface area contributed by atoms with E-state index in [1.807, 2.05) is 5.98 Å². The second-order valence-corrected chi connectivity index (χ2v) is 5.99. The summed E-state index contributed by atoms with van der Waals surface area (Å²) in [6, 6.07) is 1.78. The Labute approximate surface area is 114 Å². The highest BCUT2D eigenvalue weighted by Gasteiger charge is 2.34. The summed E-state index contributed by atoms with van der Waals surface area (Å²) in [7, 11) is 0. The summed E-state index contributed by atoms with van der Waals surface area (Å²) in [6.45, 7) is 17.8. The summed E-state index contributed by atoms with van der Waals surface area (Å²) in [5.41, 5.74) is 0. The third-order valence-electron chi connectivity index (χ3n) is 3.23. The molecule has 18 heavy (non-hydrogen) atoms. The highest BCUT2D eigenvalue weighted by atomic mass is 15.3. The third-order valence-corrected chi connectivity index (χ3v) is 3.23. The Balaban J connectivity index is 5.43. The monoisotopic (exact) mass is 251 g/mol. The lowest BCUT2D eigenvalue weighted by molar-refractivity contribution is 0.228. The average molecular weight is 251 g/mol. The highest BCUT2D eigenvalue weighted by Crippen LogP contribution is 2.17. The van der Waals surface area contributed by atoms with Gasteiger partial charge in [0, 0.05) is 0 Å². The van der Waals surface area contributed by atoms with Crippen LogP contribution < -0.4 is 0 Å². The molecule has 0 aliphatic heterocycles. The van der Waals surface area contributed by atoms with Crippen LogP contribution in [0, 0.1) is 5.41 Å². The molecule has 0 bridgehead atoms. The van der Waals surface area contributed by atoms with E-state index in [4.69, 9.17) is 5.41 Å². The largest absolute Gasteiger partial charge is 0.349 e. The summed E-state index contributed by atoms with van der Waals surface area (Å²) < 4.78 is 0. The number of hydrogen-bond acceptors (Lipinski definition) is 3. The predicted octanol–water partition coefficient (Wildman–Crippen LogP) is 3.06. The maximum absolute atomic E-state index is 7.32. The van der Waals surface area contributed by atoms with E-state index in [9.17, 15) is 0 Å².